The molecule has 5 heterocycles. The molecule has 0 spiro atoms. The van der Waals surface area contributed by atoms with Crippen molar-refractivity contribution in [2.24, 2.45) is 0 Å². The summed E-state index contributed by atoms with van der Waals surface area (Å²) in [6.07, 6.45) is 13.1. The second-order valence-corrected chi connectivity index (χ2v) is 12.2. The Morgan fingerprint density at radius 3 is 2.12 bits per heavy atom. The van der Waals surface area contributed by atoms with Crippen molar-refractivity contribution >= 4 is 0 Å². The van der Waals surface area contributed by atoms with Gasteiger partial charge in [0.15, 0.2) is 0 Å². The van der Waals surface area contributed by atoms with E-state index in [0.29, 0.717) is 18.2 Å². The van der Waals surface area contributed by atoms with Crippen molar-refractivity contribution in [3.8, 4) is 0 Å². The molecule has 3 atom stereocenters. The lowest BCUT2D eigenvalue weighted by atomic mass is 9.84. The highest BCUT2D eigenvalue weighted by atomic mass is 15.5. The average Bonchev–Trinajstić information content (AvgIpc) is 3.46. The van der Waals surface area contributed by atoms with Crippen molar-refractivity contribution in [2.75, 3.05) is 73.0 Å². The molecule has 3 unspecified atom stereocenters. The van der Waals surface area contributed by atoms with Crippen LogP contribution >= 0.6 is 0 Å². The first-order chi connectivity index (χ1) is 16.0. The van der Waals surface area contributed by atoms with Crippen LogP contribution in [0.1, 0.15) is 71.6 Å². The molecule has 5 rings (SSSR count). The summed E-state index contributed by atoms with van der Waals surface area (Å²) < 4.78 is 0. The van der Waals surface area contributed by atoms with Crippen LogP contribution in [0, 0.1) is 0 Å². The molecule has 5 aliphatic rings. The molecular weight excluding hydrogens is 408 g/mol. The summed E-state index contributed by atoms with van der Waals surface area (Å²) in [5.41, 5.74) is 0.243. The van der Waals surface area contributed by atoms with E-state index in [1.807, 2.05) is 0 Å². The maximum Gasteiger partial charge on any atom is 0.0911 e. The Morgan fingerprint density at radius 2 is 1.45 bits per heavy atom. The molecule has 6 nitrogen and oxygen atoms in total. The lowest BCUT2D eigenvalue weighted by Gasteiger charge is -2.60. The summed E-state index contributed by atoms with van der Waals surface area (Å²) in [7, 11) is 4.68. The summed E-state index contributed by atoms with van der Waals surface area (Å²) >= 11 is 0. The topological polar surface area (TPSA) is 19.4 Å². The van der Waals surface area contributed by atoms with Gasteiger partial charge in [0.25, 0.3) is 0 Å². The lowest BCUT2D eigenvalue weighted by molar-refractivity contribution is -0.153. The minimum Gasteiger partial charge on any atom is -0.306 e. The third kappa shape index (κ3) is 4.65. The van der Waals surface area contributed by atoms with Gasteiger partial charge in [-0.25, -0.2) is 0 Å². The first-order valence-electron chi connectivity index (χ1n) is 14.4. The van der Waals surface area contributed by atoms with Gasteiger partial charge in [-0.3, -0.25) is 24.5 Å². The Hall–Kier alpha value is -0.240. The van der Waals surface area contributed by atoms with E-state index in [9.17, 15) is 0 Å². The summed E-state index contributed by atoms with van der Waals surface area (Å²) in [4.78, 5) is 17.0. The standard InChI is InChI=1S/C27H52N6/c1-23(2)32-15-6-5-9-25(32)27(13-8-16-33(27)26-10-7-14-29(26)4)31-21-19-30(20-22-31)24-11-17-28(3)18-12-24/h23-26H,5-22H2,1-4H3. The molecule has 0 saturated carbocycles. The molecule has 0 aromatic carbocycles. The number of rotatable bonds is 5. The molecule has 5 saturated heterocycles. The fraction of sp³-hybridized carbons (Fsp3) is 1.00. The SMILES string of the molecule is CC(C)N1CCCCC1C1(N2CCN(C3CCN(C)CC3)CC2)CCCN1C1CCCN1C. The highest BCUT2D eigenvalue weighted by molar-refractivity contribution is 5.09. The zero-order valence-corrected chi connectivity index (χ0v) is 22.2. The molecule has 0 radical (unpaired) electrons. The second-order valence-electron chi connectivity index (χ2n) is 12.2. The van der Waals surface area contributed by atoms with Crippen LogP contribution in [0.4, 0.5) is 0 Å². The molecule has 33 heavy (non-hydrogen) atoms. The molecule has 5 aliphatic heterocycles. The number of hydrogen-bond donors (Lipinski definition) is 0. The molecular formula is C27H52N6. The van der Waals surface area contributed by atoms with E-state index in [0.717, 1.165) is 6.04 Å². The molecule has 5 fully saturated rings. The smallest absolute Gasteiger partial charge is 0.0911 e. The molecule has 0 aromatic rings. The highest BCUT2D eigenvalue weighted by Crippen LogP contribution is 2.45. The number of hydrogen-bond acceptors (Lipinski definition) is 6. The van der Waals surface area contributed by atoms with Gasteiger partial charge in [0.05, 0.1) is 11.8 Å². The third-order valence-corrected chi connectivity index (χ3v) is 10.1. The van der Waals surface area contributed by atoms with Crippen LogP contribution in [0.25, 0.3) is 0 Å². The minimum absolute atomic E-state index is 0.243. The normalized spacial score (nSPS) is 38.1. The van der Waals surface area contributed by atoms with Crippen molar-refractivity contribution in [3.63, 3.8) is 0 Å². The summed E-state index contributed by atoms with van der Waals surface area (Å²) in [6.45, 7) is 16.4. The number of piperidine rings is 2. The fourth-order valence-electron chi connectivity index (χ4n) is 8.35. The van der Waals surface area contributed by atoms with Gasteiger partial charge >= 0.3 is 0 Å². The van der Waals surface area contributed by atoms with Gasteiger partial charge in [0, 0.05) is 50.8 Å². The van der Waals surface area contributed by atoms with Gasteiger partial charge in [0.1, 0.15) is 0 Å². The van der Waals surface area contributed by atoms with Crippen LogP contribution in [-0.2, 0) is 0 Å². The van der Waals surface area contributed by atoms with Crippen LogP contribution in [0.3, 0.4) is 0 Å². The molecule has 0 N–H and O–H groups in total. The van der Waals surface area contributed by atoms with Gasteiger partial charge in [-0.1, -0.05) is 6.42 Å². The van der Waals surface area contributed by atoms with Crippen LogP contribution in [0.5, 0.6) is 0 Å². The second kappa shape index (κ2) is 10.4. The average molecular weight is 461 g/mol. The van der Waals surface area contributed by atoms with E-state index in [-0.39, 0.29) is 5.66 Å². The molecule has 0 bridgehead atoms. The van der Waals surface area contributed by atoms with E-state index >= 15 is 0 Å². The number of nitrogens with zero attached hydrogens (tertiary/aromatic N) is 6. The van der Waals surface area contributed by atoms with Gasteiger partial charge in [0.2, 0.25) is 0 Å². The Balaban J connectivity index is 1.39. The van der Waals surface area contributed by atoms with Crippen molar-refractivity contribution in [3.05, 3.63) is 0 Å². The lowest BCUT2D eigenvalue weighted by Crippen LogP contribution is -2.74. The summed E-state index contributed by atoms with van der Waals surface area (Å²) in [6, 6.07) is 2.16. The predicted octanol–water partition coefficient (Wildman–Crippen LogP) is 2.80. The Morgan fingerprint density at radius 1 is 0.697 bits per heavy atom. The van der Waals surface area contributed by atoms with E-state index < -0.39 is 0 Å². The van der Waals surface area contributed by atoms with Gasteiger partial charge in [-0.15, -0.1) is 0 Å². The molecule has 0 aromatic heterocycles. The largest absolute Gasteiger partial charge is 0.306 e. The maximum absolute atomic E-state index is 3.04. The number of likely N-dealkylation sites (tertiary alicyclic amines) is 4. The summed E-state index contributed by atoms with van der Waals surface area (Å²) in [5, 5.41) is 0. The van der Waals surface area contributed by atoms with Crippen molar-refractivity contribution < 1.29 is 0 Å². The predicted molar refractivity (Wildman–Crippen MR) is 137 cm³/mol. The molecule has 6 heteroatoms. The monoisotopic (exact) mass is 460 g/mol. The Bertz CT molecular complexity index is 626. The maximum atomic E-state index is 3.04. The van der Waals surface area contributed by atoms with Crippen LogP contribution in [-0.4, -0.2) is 132 Å². The Labute approximate surface area is 204 Å². The quantitative estimate of drug-likeness (QED) is 0.624. The van der Waals surface area contributed by atoms with Crippen molar-refractivity contribution in [1.82, 2.24) is 29.4 Å². The van der Waals surface area contributed by atoms with E-state index in [1.54, 1.807) is 0 Å². The fourth-order valence-corrected chi connectivity index (χ4v) is 8.35. The zero-order chi connectivity index (χ0) is 23.0. The third-order valence-electron chi connectivity index (χ3n) is 10.1. The summed E-state index contributed by atoms with van der Waals surface area (Å²) in [5.74, 6) is 0. The molecule has 0 amide bonds. The van der Waals surface area contributed by atoms with Gasteiger partial charge in [-0.05, 0) is 105 Å². The van der Waals surface area contributed by atoms with Gasteiger partial charge < -0.3 is 4.90 Å². The molecule has 0 aliphatic carbocycles. The van der Waals surface area contributed by atoms with Crippen LogP contribution in [0.15, 0.2) is 0 Å². The Kier molecular flexibility index (Phi) is 7.71. The van der Waals surface area contributed by atoms with Gasteiger partial charge in [-0.2, -0.15) is 0 Å². The van der Waals surface area contributed by atoms with E-state index in [1.165, 1.54) is 117 Å². The van der Waals surface area contributed by atoms with Crippen molar-refractivity contribution in [2.45, 2.75) is 102 Å². The van der Waals surface area contributed by atoms with Crippen LogP contribution in [0.2, 0.25) is 0 Å². The minimum atomic E-state index is 0.243. The number of piperazine rings is 1. The highest BCUT2D eigenvalue weighted by Gasteiger charge is 2.56. The van der Waals surface area contributed by atoms with E-state index in [2.05, 4.69) is 57.3 Å². The zero-order valence-electron chi connectivity index (χ0n) is 22.2. The van der Waals surface area contributed by atoms with Crippen molar-refractivity contribution in [1.29, 1.82) is 0 Å². The first kappa shape index (κ1) is 24.5. The first-order valence-corrected chi connectivity index (χ1v) is 14.4. The molecule has 190 valence electrons. The van der Waals surface area contributed by atoms with Crippen LogP contribution < -0.4 is 0 Å². The van der Waals surface area contributed by atoms with E-state index in [4.69, 9.17) is 0 Å².